The van der Waals surface area contributed by atoms with Crippen LogP contribution < -0.4 is 40.2 Å². The summed E-state index contributed by atoms with van der Waals surface area (Å²) in [5, 5.41) is 12.9. The molecular formula is C16H11N2NaO3. The molecule has 0 N–H and O–H groups in total. The minimum absolute atomic E-state index is 0. The number of aromatic nitrogens is 2. The number of carboxylic acids is 1. The van der Waals surface area contributed by atoms with Gasteiger partial charge in [0.1, 0.15) is 6.33 Å². The Balaban J connectivity index is 0.00000176. The molecule has 0 atom stereocenters. The molecule has 0 aliphatic carbocycles. The van der Waals surface area contributed by atoms with Gasteiger partial charge in [0, 0.05) is 5.39 Å². The smallest absolute Gasteiger partial charge is 0.545 e. The third kappa shape index (κ3) is 2.70. The minimum Gasteiger partial charge on any atom is -0.545 e. The van der Waals surface area contributed by atoms with Crippen LogP contribution in [0.25, 0.3) is 16.5 Å². The summed E-state index contributed by atoms with van der Waals surface area (Å²) in [5.74, 6) is -1.51. The van der Waals surface area contributed by atoms with Gasteiger partial charge in [-0.25, -0.2) is 4.98 Å². The average Bonchev–Trinajstić information content (AvgIpc) is 2.47. The predicted octanol–water partition coefficient (Wildman–Crippen LogP) is -1.94. The van der Waals surface area contributed by atoms with Crippen LogP contribution in [0, 0.1) is 6.92 Å². The van der Waals surface area contributed by atoms with Crippen LogP contribution in [0.1, 0.15) is 16.1 Å². The van der Waals surface area contributed by atoms with Crippen molar-refractivity contribution in [3.8, 4) is 5.69 Å². The first kappa shape index (κ1) is 16.4. The molecule has 0 saturated carbocycles. The van der Waals surface area contributed by atoms with E-state index in [0.717, 1.165) is 10.8 Å². The van der Waals surface area contributed by atoms with Crippen LogP contribution in [0.4, 0.5) is 0 Å². The molecule has 0 aliphatic heterocycles. The van der Waals surface area contributed by atoms with Crippen LogP contribution in [-0.2, 0) is 0 Å². The zero-order valence-electron chi connectivity index (χ0n) is 12.2. The maximum Gasteiger partial charge on any atom is 1.00 e. The molecule has 0 bridgehead atoms. The Labute approximate surface area is 148 Å². The van der Waals surface area contributed by atoms with Crippen LogP contribution >= 0.6 is 0 Å². The summed E-state index contributed by atoms with van der Waals surface area (Å²) in [6.45, 7) is 1.47. The van der Waals surface area contributed by atoms with Gasteiger partial charge in [0.15, 0.2) is 0 Å². The van der Waals surface area contributed by atoms with Crippen LogP contribution in [0.3, 0.4) is 0 Å². The van der Waals surface area contributed by atoms with Crippen molar-refractivity contribution in [1.82, 2.24) is 9.55 Å². The number of nitrogens with zero attached hydrogens (tertiary/aromatic N) is 2. The number of carboxylic acid groups (broad SMARTS) is 1. The fraction of sp³-hybridized carbons (Fsp3) is 0.0625. The van der Waals surface area contributed by atoms with E-state index in [-0.39, 0.29) is 35.3 Å². The summed E-state index contributed by atoms with van der Waals surface area (Å²) in [4.78, 5) is 27.5. The second kappa shape index (κ2) is 6.44. The summed E-state index contributed by atoms with van der Waals surface area (Å²) in [7, 11) is 0. The molecule has 0 saturated heterocycles. The van der Waals surface area contributed by atoms with Gasteiger partial charge in [-0.15, -0.1) is 0 Å². The van der Waals surface area contributed by atoms with E-state index in [2.05, 4.69) is 4.98 Å². The molecule has 5 nitrogen and oxygen atoms in total. The first-order valence-electron chi connectivity index (χ1n) is 6.37. The Kier molecular flexibility index (Phi) is 4.81. The summed E-state index contributed by atoms with van der Waals surface area (Å²) >= 11 is 0. The molecule has 0 aliphatic rings. The second-order valence-electron chi connectivity index (χ2n) is 4.67. The van der Waals surface area contributed by atoms with Crippen molar-refractivity contribution in [3.05, 3.63) is 70.4 Å². The Hall–Kier alpha value is -1.95. The SMILES string of the molecule is Cc1ncn(-c2cccc3ccccc23)c(=O)c1C(=O)[O-].[Na+]. The van der Waals surface area contributed by atoms with E-state index in [1.165, 1.54) is 17.8 Å². The number of fused-ring (bicyclic) bond motifs is 1. The number of carbonyl (C=O) groups is 1. The van der Waals surface area contributed by atoms with Crippen molar-refractivity contribution in [3.63, 3.8) is 0 Å². The Morgan fingerprint density at radius 1 is 1.14 bits per heavy atom. The molecule has 2 aromatic carbocycles. The van der Waals surface area contributed by atoms with Gasteiger partial charge in [-0.2, -0.15) is 0 Å². The molecule has 0 fully saturated rings. The summed E-state index contributed by atoms with van der Waals surface area (Å²) < 4.78 is 1.24. The summed E-state index contributed by atoms with van der Waals surface area (Å²) in [6.07, 6.45) is 1.34. The van der Waals surface area contributed by atoms with Gasteiger partial charge in [0.25, 0.3) is 5.56 Å². The van der Waals surface area contributed by atoms with Gasteiger partial charge in [-0.3, -0.25) is 9.36 Å². The van der Waals surface area contributed by atoms with E-state index in [9.17, 15) is 14.7 Å². The maximum absolute atomic E-state index is 12.4. The van der Waals surface area contributed by atoms with Crippen molar-refractivity contribution in [2.45, 2.75) is 6.92 Å². The number of aromatic carboxylic acids is 1. The molecule has 1 aromatic heterocycles. The van der Waals surface area contributed by atoms with Gasteiger partial charge >= 0.3 is 29.6 Å². The number of benzene rings is 2. The van der Waals surface area contributed by atoms with Gasteiger partial charge in [0.2, 0.25) is 0 Å². The number of hydrogen-bond donors (Lipinski definition) is 0. The van der Waals surface area contributed by atoms with Gasteiger partial charge in [-0.05, 0) is 18.4 Å². The van der Waals surface area contributed by atoms with E-state index >= 15 is 0 Å². The molecule has 0 radical (unpaired) electrons. The van der Waals surface area contributed by atoms with Crippen molar-refractivity contribution >= 4 is 16.7 Å². The molecule has 3 rings (SSSR count). The normalized spacial score (nSPS) is 10.2. The molecular weight excluding hydrogens is 291 g/mol. The minimum atomic E-state index is -1.51. The van der Waals surface area contributed by atoms with Crippen molar-refractivity contribution < 1.29 is 39.5 Å². The van der Waals surface area contributed by atoms with Gasteiger partial charge < -0.3 is 9.90 Å². The molecule has 0 unspecified atom stereocenters. The third-order valence-corrected chi connectivity index (χ3v) is 3.39. The predicted molar refractivity (Wildman–Crippen MR) is 76.4 cm³/mol. The van der Waals surface area contributed by atoms with Crippen molar-refractivity contribution in [2.24, 2.45) is 0 Å². The molecule has 1 heterocycles. The van der Waals surface area contributed by atoms with Crippen LogP contribution in [0.15, 0.2) is 53.6 Å². The number of aryl methyl sites for hydroxylation is 1. The standard InChI is InChI=1S/C16H12N2O3.Na/c1-10-14(16(20)21)15(19)18(9-17-10)13-8-4-6-11-5-2-3-7-12(11)13;/h2-9H,1H3,(H,20,21);/q;+1/p-1. The zero-order chi connectivity index (χ0) is 15.0. The first-order valence-corrected chi connectivity index (χ1v) is 6.37. The van der Waals surface area contributed by atoms with Crippen LogP contribution in [-0.4, -0.2) is 15.5 Å². The van der Waals surface area contributed by atoms with E-state index in [1.54, 1.807) is 6.07 Å². The monoisotopic (exact) mass is 302 g/mol. The molecule has 0 spiro atoms. The topological polar surface area (TPSA) is 75.0 Å². The summed E-state index contributed by atoms with van der Waals surface area (Å²) in [5.41, 5.74) is -0.311. The van der Waals surface area contributed by atoms with Gasteiger partial charge in [-0.1, -0.05) is 36.4 Å². The molecule has 3 aromatic rings. The van der Waals surface area contributed by atoms with Crippen LogP contribution in [0.5, 0.6) is 0 Å². The molecule has 6 heteroatoms. The van der Waals surface area contributed by atoms with Gasteiger partial charge in [0.05, 0.1) is 22.9 Å². The first-order chi connectivity index (χ1) is 10.1. The Morgan fingerprint density at radius 3 is 2.55 bits per heavy atom. The largest absolute Gasteiger partial charge is 1.00 e. The van der Waals surface area contributed by atoms with Crippen LogP contribution in [0.2, 0.25) is 0 Å². The summed E-state index contributed by atoms with van der Waals surface area (Å²) in [6, 6.07) is 13.0. The Morgan fingerprint density at radius 2 is 1.82 bits per heavy atom. The molecule has 0 amide bonds. The van der Waals surface area contributed by atoms with E-state index in [0.29, 0.717) is 5.69 Å². The third-order valence-electron chi connectivity index (χ3n) is 3.39. The number of rotatable bonds is 2. The van der Waals surface area contributed by atoms with Crippen molar-refractivity contribution in [1.29, 1.82) is 0 Å². The number of hydrogen-bond acceptors (Lipinski definition) is 4. The van der Waals surface area contributed by atoms with E-state index in [1.807, 2.05) is 36.4 Å². The Bertz CT molecular complexity index is 913. The van der Waals surface area contributed by atoms with Crippen molar-refractivity contribution in [2.75, 3.05) is 0 Å². The van der Waals surface area contributed by atoms with E-state index < -0.39 is 17.1 Å². The molecule has 22 heavy (non-hydrogen) atoms. The average molecular weight is 302 g/mol. The maximum atomic E-state index is 12.4. The fourth-order valence-electron chi connectivity index (χ4n) is 2.36. The number of carbonyl (C=O) groups excluding carboxylic acids is 1. The second-order valence-corrected chi connectivity index (χ2v) is 4.67. The molecule has 104 valence electrons. The zero-order valence-corrected chi connectivity index (χ0v) is 14.2. The quantitative estimate of drug-likeness (QED) is 0.516. The fourth-order valence-corrected chi connectivity index (χ4v) is 2.36. The van der Waals surface area contributed by atoms with E-state index in [4.69, 9.17) is 0 Å².